The van der Waals surface area contributed by atoms with Crippen LogP contribution in [0.5, 0.6) is 5.75 Å². The molecule has 5 aromatic rings. The maximum Gasteiger partial charge on any atom is 0.304 e. The molecule has 1 aliphatic rings. The molecule has 41 heavy (non-hydrogen) atoms. The predicted octanol–water partition coefficient (Wildman–Crippen LogP) is 6.88. The first-order valence-corrected chi connectivity index (χ1v) is 15.1. The van der Waals surface area contributed by atoms with Crippen molar-refractivity contribution in [2.75, 3.05) is 6.54 Å². The standard InChI is InChI=1S/C31H32ClN5O3S/c1-5-22-16-37(18(3)29-26(40-22)7-6-9-33-29)15-21-12-20(11-19-8-10-41-31(19)21)24(14-27(38)39)23-13-25(32)30-28(17(23)2)34-35-36(30)4/h6-13,18,22,24H,5,14-16H2,1-4H3,(H,38,39)/t18-,22+,24-/m0/s1. The molecule has 0 radical (unpaired) electrons. The Kier molecular flexibility index (Phi) is 7.44. The molecule has 3 aromatic heterocycles. The van der Waals surface area contributed by atoms with Crippen LogP contribution in [-0.4, -0.2) is 48.6 Å². The van der Waals surface area contributed by atoms with E-state index in [0.717, 1.165) is 57.6 Å². The Morgan fingerprint density at radius 2 is 2.12 bits per heavy atom. The Morgan fingerprint density at radius 1 is 1.29 bits per heavy atom. The van der Waals surface area contributed by atoms with Crippen LogP contribution in [0.2, 0.25) is 5.02 Å². The first-order valence-electron chi connectivity index (χ1n) is 13.8. The van der Waals surface area contributed by atoms with Crippen molar-refractivity contribution in [3.63, 3.8) is 0 Å². The average Bonchev–Trinajstić information content (AvgIpc) is 3.56. The number of hydrogen-bond donors (Lipinski definition) is 1. The summed E-state index contributed by atoms with van der Waals surface area (Å²) >= 11 is 8.43. The van der Waals surface area contributed by atoms with Gasteiger partial charge >= 0.3 is 5.97 Å². The lowest BCUT2D eigenvalue weighted by molar-refractivity contribution is -0.137. The van der Waals surface area contributed by atoms with Gasteiger partial charge in [-0.05, 0) is 83.6 Å². The highest BCUT2D eigenvalue weighted by Crippen LogP contribution is 2.40. The monoisotopic (exact) mass is 589 g/mol. The number of thiophene rings is 1. The second-order valence-corrected chi connectivity index (χ2v) is 12.1. The van der Waals surface area contributed by atoms with Crippen LogP contribution >= 0.6 is 22.9 Å². The zero-order valence-corrected chi connectivity index (χ0v) is 25.0. The molecule has 3 atom stereocenters. The first kappa shape index (κ1) is 27.6. The Hall–Kier alpha value is -3.53. The lowest BCUT2D eigenvalue weighted by atomic mass is 9.84. The minimum Gasteiger partial charge on any atom is -0.487 e. The van der Waals surface area contributed by atoms with E-state index in [2.05, 4.69) is 57.6 Å². The van der Waals surface area contributed by atoms with E-state index in [1.807, 2.05) is 31.3 Å². The molecule has 0 aliphatic carbocycles. The van der Waals surface area contributed by atoms with Crippen LogP contribution in [0.25, 0.3) is 21.1 Å². The summed E-state index contributed by atoms with van der Waals surface area (Å²) < 4.78 is 9.20. The second kappa shape index (κ2) is 11.0. The number of aryl methyl sites for hydroxylation is 2. The molecular weight excluding hydrogens is 558 g/mol. The van der Waals surface area contributed by atoms with Crippen molar-refractivity contribution in [3.8, 4) is 5.75 Å². The highest BCUT2D eigenvalue weighted by Gasteiger charge is 2.30. The summed E-state index contributed by atoms with van der Waals surface area (Å²) in [4.78, 5) is 19.3. The summed E-state index contributed by atoms with van der Waals surface area (Å²) in [6.45, 7) is 7.74. The van der Waals surface area contributed by atoms with E-state index >= 15 is 0 Å². The van der Waals surface area contributed by atoms with Gasteiger partial charge in [0, 0.05) is 37.0 Å². The summed E-state index contributed by atoms with van der Waals surface area (Å²) in [6, 6.07) is 12.3. The summed E-state index contributed by atoms with van der Waals surface area (Å²) in [5, 5.41) is 22.2. The number of carbonyl (C=O) groups is 1. The summed E-state index contributed by atoms with van der Waals surface area (Å²) in [7, 11) is 1.80. The smallest absolute Gasteiger partial charge is 0.304 e. The fourth-order valence-electron chi connectivity index (χ4n) is 6.03. The van der Waals surface area contributed by atoms with Crippen molar-refractivity contribution < 1.29 is 14.6 Å². The lowest BCUT2D eigenvalue weighted by Gasteiger charge is -2.29. The Morgan fingerprint density at radius 3 is 2.90 bits per heavy atom. The van der Waals surface area contributed by atoms with Crippen molar-refractivity contribution in [3.05, 3.63) is 80.9 Å². The van der Waals surface area contributed by atoms with E-state index in [1.165, 1.54) is 4.70 Å². The number of nitrogens with zero attached hydrogens (tertiary/aromatic N) is 5. The van der Waals surface area contributed by atoms with Crippen LogP contribution in [-0.2, 0) is 18.4 Å². The van der Waals surface area contributed by atoms with E-state index in [9.17, 15) is 9.90 Å². The Balaban J connectivity index is 1.46. The lowest BCUT2D eigenvalue weighted by Crippen LogP contribution is -2.34. The van der Waals surface area contributed by atoms with Crippen molar-refractivity contribution in [2.45, 2.75) is 58.2 Å². The number of benzene rings is 2. The molecule has 0 saturated carbocycles. The predicted molar refractivity (Wildman–Crippen MR) is 162 cm³/mol. The summed E-state index contributed by atoms with van der Waals surface area (Å²) in [6.07, 6.45) is 2.69. The number of pyridine rings is 1. The van der Waals surface area contributed by atoms with Gasteiger partial charge in [-0.2, -0.15) is 0 Å². The van der Waals surface area contributed by atoms with Gasteiger partial charge in [0.2, 0.25) is 0 Å². The molecule has 1 aliphatic heterocycles. The largest absolute Gasteiger partial charge is 0.487 e. The summed E-state index contributed by atoms with van der Waals surface area (Å²) in [5.41, 5.74) is 6.22. The molecule has 0 bridgehead atoms. The normalized spacial score (nSPS) is 18.3. The van der Waals surface area contributed by atoms with Crippen LogP contribution in [0.4, 0.5) is 0 Å². The molecular formula is C31H32ClN5O3S. The highest BCUT2D eigenvalue weighted by molar-refractivity contribution is 7.17. The SMILES string of the molecule is CC[C@@H]1CN(Cc2cc([C@H](CC(=O)O)c3cc(Cl)c4c(nnn4C)c3C)cc3ccsc23)[C@@H](C)c2ncccc2O1. The molecule has 4 heterocycles. The van der Waals surface area contributed by atoms with Gasteiger partial charge in [-0.3, -0.25) is 14.7 Å². The van der Waals surface area contributed by atoms with Gasteiger partial charge in [0.15, 0.2) is 0 Å². The molecule has 8 nitrogen and oxygen atoms in total. The number of ether oxygens (including phenoxy) is 1. The number of aliphatic carboxylic acids is 1. The fraction of sp³-hybridized carbons (Fsp3) is 0.355. The molecule has 0 spiro atoms. The fourth-order valence-corrected chi connectivity index (χ4v) is 7.25. The van der Waals surface area contributed by atoms with Crippen molar-refractivity contribution in [1.82, 2.24) is 24.9 Å². The molecule has 1 N–H and O–H groups in total. The number of aromatic nitrogens is 4. The topological polar surface area (TPSA) is 93.4 Å². The number of halogens is 1. The van der Waals surface area contributed by atoms with Crippen molar-refractivity contribution >= 4 is 50.0 Å². The van der Waals surface area contributed by atoms with Gasteiger partial charge in [0.25, 0.3) is 0 Å². The molecule has 0 unspecified atom stereocenters. The van der Waals surface area contributed by atoms with Gasteiger partial charge in [-0.15, -0.1) is 16.4 Å². The van der Waals surface area contributed by atoms with Crippen LogP contribution in [0.3, 0.4) is 0 Å². The van der Waals surface area contributed by atoms with Crippen molar-refractivity contribution in [2.24, 2.45) is 7.05 Å². The second-order valence-electron chi connectivity index (χ2n) is 10.8. The van der Waals surface area contributed by atoms with E-state index in [1.54, 1.807) is 23.1 Å². The van der Waals surface area contributed by atoms with E-state index in [4.69, 9.17) is 16.3 Å². The third-order valence-corrected chi connectivity index (χ3v) is 9.53. The molecule has 10 heteroatoms. The van der Waals surface area contributed by atoms with Gasteiger partial charge < -0.3 is 9.84 Å². The number of fused-ring (bicyclic) bond motifs is 3. The van der Waals surface area contributed by atoms with Crippen LogP contribution in [0.1, 0.15) is 66.6 Å². The van der Waals surface area contributed by atoms with Gasteiger partial charge in [-0.25, -0.2) is 4.68 Å². The Labute approximate surface area is 247 Å². The van der Waals surface area contributed by atoms with E-state index in [-0.39, 0.29) is 18.6 Å². The maximum atomic E-state index is 12.2. The van der Waals surface area contributed by atoms with Crippen LogP contribution < -0.4 is 4.74 Å². The molecule has 0 saturated heterocycles. The van der Waals surface area contributed by atoms with E-state index in [0.29, 0.717) is 17.1 Å². The minimum atomic E-state index is -0.872. The van der Waals surface area contributed by atoms with Gasteiger partial charge in [-0.1, -0.05) is 29.8 Å². The zero-order valence-electron chi connectivity index (χ0n) is 23.5. The number of hydrogen-bond acceptors (Lipinski definition) is 7. The number of rotatable bonds is 7. The molecule has 6 rings (SSSR count). The average molecular weight is 590 g/mol. The number of carboxylic acids is 1. The van der Waals surface area contributed by atoms with Gasteiger partial charge in [0.1, 0.15) is 22.9 Å². The highest BCUT2D eigenvalue weighted by atomic mass is 35.5. The molecule has 2 aromatic carbocycles. The molecule has 212 valence electrons. The summed E-state index contributed by atoms with van der Waals surface area (Å²) in [5.74, 6) is -0.434. The minimum absolute atomic E-state index is 0.0492. The third-order valence-electron chi connectivity index (χ3n) is 8.23. The Bertz CT molecular complexity index is 1770. The van der Waals surface area contributed by atoms with Crippen molar-refractivity contribution in [1.29, 1.82) is 0 Å². The molecule has 0 fully saturated rings. The van der Waals surface area contributed by atoms with Gasteiger partial charge in [0.05, 0.1) is 23.2 Å². The number of carboxylic acid groups (broad SMARTS) is 1. The molecule has 0 amide bonds. The maximum absolute atomic E-state index is 12.2. The van der Waals surface area contributed by atoms with Crippen LogP contribution in [0, 0.1) is 6.92 Å². The quantitative estimate of drug-likeness (QED) is 0.221. The van der Waals surface area contributed by atoms with Crippen LogP contribution in [0.15, 0.2) is 48.0 Å². The zero-order chi connectivity index (χ0) is 28.8. The first-order chi connectivity index (χ1) is 19.7. The third kappa shape index (κ3) is 5.07. The van der Waals surface area contributed by atoms with E-state index < -0.39 is 11.9 Å².